The topological polar surface area (TPSA) is 57.6 Å². The maximum absolute atomic E-state index is 12.6. The SMILES string of the molecule is CC1(C(=O)O)CCN(C(=O)C2(C)CCCCC2)CC1. The number of hydrogen-bond acceptors (Lipinski definition) is 2. The molecule has 1 saturated carbocycles. The minimum atomic E-state index is -0.733. The van der Waals surface area contributed by atoms with Crippen LogP contribution in [0.4, 0.5) is 0 Å². The van der Waals surface area contributed by atoms with Crippen molar-refractivity contribution in [1.82, 2.24) is 4.90 Å². The van der Waals surface area contributed by atoms with Gasteiger partial charge in [0.1, 0.15) is 0 Å². The van der Waals surface area contributed by atoms with Crippen LogP contribution in [0.3, 0.4) is 0 Å². The van der Waals surface area contributed by atoms with Crippen LogP contribution in [0.1, 0.15) is 58.8 Å². The highest BCUT2D eigenvalue weighted by Gasteiger charge is 2.42. The van der Waals surface area contributed by atoms with E-state index in [0.717, 1.165) is 25.7 Å². The fraction of sp³-hybridized carbons (Fsp3) is 0.867. The molecule has 0 spiro atoms. The molecule has 4 nitrogen and oxygen atoms in total. The quantitative estimate of drug-likeness (QED) is 0.836. The summed E-state index contributed by atoms with van der Waals surface area (Å²) in [5.74, 6) is -0.483. The van der Waals surface area contributed by atoms with Crippen LogP contribution in [0.15, 0.2) is 0 Å². The summed E-state index contributed by atoms with van der Waals surface area (Å²) in [6, 6.07) is 0. The van der Waals surface area contributed by atoms with Gasteiger partial charge in [-0.1, -0.05) is 26.2 Å². The average molecular weight is 267 g/mol. The van der Waals surface area contributed by atoms with Crippen LogP contribution < -0.4 is 0 Å². The Bertz CT molecular complexity index is 364. The number of carboxylic acids is 1. The number of likely N-dealkylation sites (tertiary alicyclic amines) is 1. The molecular formula is C15H25NO3. The van der Waals surface area contributed by atoms with Crippen LogP contribution in [0.2, 0.25) is 0 Å². The van der Waals surface area contributed by atoms with Gasteiger partial charge in [-0.25, -0.2) is 0 Å². The van der Waals surface area contributed by atoms with Crippen molar-refractivity contribution in [2.24, 2.45) is 10.8 Å². The second kappa shape index (κ2) is 5.14. The minimum Gasteiger partial charge on any atom is -0.481 e. The van der Waals surface area contributed by atoms with Gasteiger partial charge in [-0.2, -0.15) is 0 Å². The molecule has 1 aliphatic carbocycles. The van der Waals surface area contributed by atoms with E-state index in [9.17, 15) is 14.7 Å². The van der Waals surface area contributed by atoms with Gasteiger partial charge < -0.3 is 10.0 Å². The van der Waals surface area contributed by atoms with Crippen LogP contribution in [0.25, 0.3) is 0 Å². The van der Waals surface area contributed by atoms with Gasteiger partial charge in [0.25, 0.3) is 0 Å². The van der Waals surface area contributed by atoms with E-state index in [1.165, 1.54) is 6.42 Å². The van der Waals surface area contributed by atoms with Crippen molar-refractivity contribution < 1.29 is 14.7 Å². The molecule has 2 rings (SSSR count). The van der Waals surface area contributed by atoms with E-state index in [4.69, 9.17) is 0 Å². The molecule has 1 amide bonds. The average Bonchev–Trinajstić information content (AvgIpc) is 2.39. The van der Waals surface area contributed by atoms with Crippen molar-refractivity contribution in [3.05, 3.63) is 0 Å². The molecule has 0 aromatic rings. The molecule has 0 aromatic carbocycles. The lowest BCUT2D eigenvalue weighted by Crippen LogP contribution is -2.50. The van der Waals surface area contributed by atoms with Gasteiger partial charge >= 0.3 is 5.97 Å². The molecule has 0 unspecified atom stereocenters. The minimum absolute atomic E-state index is 0.199. The second-order valence-electron chi connectivity index (χ2n) is 6.78. The van der Waals surface area contributed by atoms with Crippen LogP contribution in [0.5, 0.6) is 0 Å². The third-order valence-electron chi connectivity index (χ3n) is 5.14. The zero-order valence-corrected chi connectivity index (χ0v) is 12.1. The van der Waals surface area contributed by atoms with Gasteiger partial charge in [-0.3, -0.25) is 9.59 Å². The normalized spacial score (nSPS) is 25.9. The summed E-state index contributed by atoms with van der Waals surface area (Å²) >= 11 is 0. The highest BCUT2D eigenvalue weighted by atomic mass is 16.4. The first-order valence-electron chi connectivity index (χ1n) is 7.40. The molecule has 2 aliphatic rings. The summed E-state index contributed by atoms with van der Waals surface area (Å²) in [4.78, 5) is 25.7. The molecule has 0 bridgehead atoms. The van der Waals surface area contributed by atoms with Crippen molar-refractivity contribution in [1.29, 1.82) is 0 Å². The van der Waals surface area contributed by atoms with Crippen molar-refractivity contribution in [3.8, 4) is 0 Å². The van der Waals surface area contributed by atoms with Gasteiger partial charge in [0.2, 0.25) is 5.91 Å². The largest absolute Gasteiger partial charge is 0.481 e. The Balaban J connectivity index is 1.97. The summed E-state index contributed by atoms with van der Waals surface area (Å²) in [6.07, 6.45) is 6.64. The lowest BCUT2D eigenvalue weighted by Gasteiger charge is -2.42. The van der Waals surface area contributed by atoms with Gasteiger partial charge in [-0.05, 0) is 32.6 Å². The number of carbonyl (C=O) groups excluding carboxylic acids is 1. The van der Waals surface area contributed by atoms with Gasteiger partial charge in [0.15, 0.2) is 0 Å². The lowest BCUT2D eigenvalue weighted by molar-refractivity contribution is -0.155. The van der Waals surface area contributed by atoms with Crippen LogP contribution in [0, 0.1) is 10.8 Å². The standard InChI is InChI=1S/C15H25NO3/c1-14(6-4-3-5-7-14)12(17)16-10-8-15(2,9-11-16)13(18)19/h3-11H2,1-2H3,(H,18,19). The lowest BCUT2D eigenvalue weighted by atomic mass is 9.73. The molecule has 2 fully saturated rings. The highest BCUT2D eigenvalue weighted by Crippen LogP contribution is 2.39. The Morgan fingerprint density at radius 2 is 1.42 bits per heavy atom. The van der Waals surface area contributed by atoms with Crippen LogP contribution in [-0.4, -0.2) is 35.0 Å². The Labute approximate surface area is 115 Å². The Morgan fingerprint density at radius 1 is 0.895 bits per heavy atom. The first kappa shape index (κ1) is 14.4. The fourth-order valence-electron chi connectivity index (χ4n) is 3.34. The molecule has 0 aromatic heterocycles. The summed E-state index contributed by atoms with van der Waals surface area (Å²) in [7, 11) is 0. The van der Waals surface area contributed by atoms with E-state index in [-0.39, 0.29) is 11.3 Å². The molecule has 0 radical (unpaired) electrons. The monoisotopic (exact) mass is 267 g/mol. The molecule has 4 heteroatoms. The fourth-order valence-corrected chi connectivity index (χ4v) is 3.34. The van der Waals surface area contributed by atoms with Crippen molar-refractivity contribution in [2.45, 2.75) is 58.8 Å². The summed E-state index contributed by atoms with van der Waals surface area (Å²) in [5, 5.41) is 9.22. The maximum Gasteiger partial charge on any atom is 0.309 e. The number of aliphatic carboxylic acids is 1. The van der Waals surface area contributed by atoms with Crippen LogP contribution >= 0.6 is 0 Å². The maximum atomic E-state index is 12.6. The molecular weight excluding hydrogens is 242 g/mol. The molecule has 19 heavy (non-hydrogen) atoms. The number of carbonyl (C=O) groups is 2. The van der Waals surface area contributed by atoms with Crippen LogP contribution in [-0.2, 0) is 9.59 Å². The molecule has 108 valence electrons. The molecule has 1 aliphatic heterocycles. The zero-order chi connectivity index (χ0) is 14.1. The van der Waals surface area contributed by atoms with E-state index in [1.807, 2.05) is 4.90 Å². The Hall–Kier alpha value is -1.06. The Morgan fingerprint density at radius 3 is 1.89 bits per heavy atom. The molecule has 1 saturated heterocycles. The number of carboxylic acid groups (broad SMARTS) is 1. The van der Waals surface area contributed by atoms with Gasteiger partial charge in [0.05, 0.1) is 5.41 Å². The number of piperidine rings is 1. The van der Waals surface area contributed by atoms with E-state index in [0.29, 0.717) is 25.9 Å². The predicted molar refractivity (Wildman–Crippen MR) is 72.7 cm³/mol. The molecule has 1 heterocycles. The second-order valence-corrected chi connectivity index (χ2v) is 6.78. The number of amides is 1. The number of nitrogens with zero attached hydrogens (tertiary/aromatic N) is 1. The van der Waals surface area contributed by atoms with Gasteiger partial charge in [-0.15, -0.1) is 0 Å². The van der Waals surface area contributed by atoms with E-state index >= 15 is 0 Å². The zero-order valence-electron chi connectivity index (χ0n) is 12.1. The molecule has 0 atom stereocenters. The predicted octanol–water partition coefficient (Wildman–Crippen LogP) is 2.67. The third kappa shape index (κ3) is 2.77. The Kier molecular flexibility index (Phi) is 3.88. The summed E-state index contributed by atoms with van der Waals surface area (Å²) < 4.78 is 0. The van der Waals surface area contributed by atoms with Crippen molar-refractivity contribution >= 4 is 11.9 Å². The van der Waals surface area contributed by atoms with Gasteiger partial charge in [0, 0.05) is 18.5 Å². The first-order valence-corrected chi connectivity index (χ1v) is 7.40. The third-order valence-corrected chi connectivity index (χ3v) is 5.14. The van der Waals surface area contributed by atoms with Crippen molar-refractivity contribution in [3.63, 3.8) is 0 Å². The van der Waals surface area contributed by atoms with E-state index in [2.05, 4.69) is 6.92 Å². The summed E-state index contributed by atoms with van der Waals surface area (Å²) in [5.41, 5.74) is -0.848. The number of hydrogen-bond donors (Lipinski definition) is 1. The molecule has 1 N–H and O–H groups in total. The smallest absolute Gasteiger partial charge is 0.309 e. The first-order chi connectivity index (χ1) is 8.87. The van der Waals surface area contributed by atoms with E-state index < -0.39 is 11.4 Å². The van der Waals surface area contributed by atoms with Crippen molar-refractivity contribution in [2.75, 3.05) is 13.1 Å². The summed E-state index contributed by atoms with van der Waals surface area (Å²) in [6.45, 7) is 5.06. The van der Waals surface area contributed by atoms with E-state index in [1.54, 1.807) is 6.92 Å². The number of rotatable bonds is 2. The highest BCUT2D eigenvalue weighted by molar-refractivity contribution is 5.83.